The van der Waals surface area contributed by atoms with E-state index in [0.29, 0.717) is 11.8 Å². The second-order valence-electron chi connectivity index (χ2n) is 8.30. The van der Waals surface area contributed by atoms with Crippen LogP contribution in [0.5, 0.6) is 5.88 Å². The van der Waals surface area contributed by atoms with E-state index in [4.69, 9.17) is 9.88 Å². The Bertz CT molecular complexity index is 1150. The number of hydrogen-bond acceptors (Lipinski definition) is 5. The predicted octanol–water partition coefficient (Wildman–Crippen LogP) is 3.84. The van der Waals surface area contributed by atoms with E-state index in [0.717, 1.165) is 11.1 Å². The van der Waals surface area contributed by atoms with Crippen LogP contribution in [0, 0.1) is 6.92 Å². The lowest BCUT2D eigenvalue weighted by atomic mass is 9.91. The molecule has 0 aliphatic rings. The minimum absolute atomic E-state index is 0.170. The van der Waals surface area contributed by atoms with Crippen molar-refractivity contribution in [3.63, 3.8) is 0 Å². The fourth-order valence-corrected chi connectivity index (χ4v) is 3.81. The molecule has 0 spiro atoms. The standard InChI is InChI=1S/C22H28N4O3S/c1-15(2)18-7-6-8-19(16(18)3)17-9-11-24-20(13-17)29-14-22(4,5)26-12-10-21(25-26)30(23,27)28/h6-13,15H,14H2,1-5H3,(H2,23,27,28). The summed E-state index contributed by atoms with van der Waals surface area (Å²) in [4.78, 5) is 4.33. The summed E-state index contributed by atoms with van der Waals surface area (Å²) in [6, 6.07) is 11.6. The molecule has 2 heterocycles. The van der Waals surface area contributed by atoms with Crippen molar-refractivity contribution in [1.82, 2.24) is 14.8 Å². The van der Waals surface area contributed by atoms with Crippen LogP contribution in [0.3, 0.4) is 0 Å². The average molecular weight is 429 g/mol. The highest BCUT2D eigenvalue weighted by Gasteiger charge is 2.25. The number of primary sulfonamides is 1. The number of pyridine rings is 1. The summed E-state index contributed by atoms with van der Waals surface area (Å²) in [7, 11) is -3.84. The quantitative estimate of drug-likeness (QED) is 0.616. The predicted molar refractivity (Wildman–Crippen MR) is 117 cm³/mol. The molecule has 2 aromatic heterocycles. The van der Waals surface area contributed by atoms with Crippen molar-refractivity contribution in [2.45, 2.75) is 51.1 Å². The molecular weight excluding hydrogens is 400 g/mol. The van der Waals surface area contributed by atoms with Gasteiger partial charge in [-0.3, -0.25) is 4.68 Å². The number of hydrogen-bond donors (Lipinski definition) is 1. The Kier molecular flexibility index (Phi) is 6.01. The number of nitrogens with two attached hydrogens (primary N) is 1. The van der Waals surface area contributed by atoms with E-state index in [2.05, 4.69) is 49.1 Å². The first-order valence-corrected chi connectivity index (χ1v) is 11.3. The van der Waals surface area contributed by atoms with Crippen molar-refractivity contribution in [3.05, 3.63) is 59.9 Å². The molecule has 0 radical (unpaired) electrons. The fraction of sp³-hybridized carbons (Fsp3) is 0.364. The van der Waals surface area contributed by atoms with Crippen LogP contribution in [0.4, 0.5) is 0 Å². The van der Waals surface area contributed by atoms with Gasteiger partial charge in [-0.25, -0.2) is 18.5 Å². The molecule has 0 atom stereocenters. The van der Waals surface area contributed by atoms with Gasteiger partial charge in [0.1, 0.15) is 6.61 Å². The van der Waals surface area contributed by atoms with Gasteiger partial charge in [0, 0.05) is 18.5 Å². The molecule has 160 valence electrons. The maximum atomic E-state index is 11.5. The molecule has 1 aromatic carbocycles. The Morgan fingerprint density at radius 2 is 1.93 bits per heavy atom. The first-order valence-electron chi connectivity index (χ1n) is 9.77. The van der Waals surface area contributed by atoms with Gasteiger partial charge >= 0.3 is 0 Å². The van der Waals surface area contributed by atoms with Gasteiger partial charge in [-0.1, -0.05) is 32.0 Å². The summed E-state index contributed by atoms with van der Waals surface area (Å²) in [6.45, 7) is 10.5. The van der Waals surface area contributed by atoms with Gasteiger partial charge in [-0.2, -0.15) is 5.10 Å². The van der Waals surface area contributed by atoms with Crippen molar-refractivity contribution in [2.24, 2.45) is 5.14 Å². The molecule has 0 fully saturated rings. The minimum atomic E-state index is -3.84. The van der Waals surface area contributed by atoms with Gasteiger partial charge in [-0.15, -0.1) is 0 Å². The lowest BCUT2D eigenvalue weighted by Crippen LogP contribution is -2.34. The van der Waals surface area contributed by atoms with E-state index >= 15 is 0 Å². The largest absolute Gasteiger partial charge is 0.475 e. The monoisotopic (exact) mass is 428 g/mol. The molecule has 0 saturated heterocycles. The van der Waals surface area contributed by atoms with Crippen LogP contribution in [0.15, 0.2) is 53.8 Å². The highest BCUT2D eigenvalue weighted by atomic mass is 32.2. The summed E-state index contributed by atoms with van der Waals surface area (Å²) in [5.74, 6) is 0.938. The van der Waals surface area contributed by atoms with Crippen molar-refractivity contribution in [1.29, 1.82) is 0 Å². The van der Waals surface area contributed by atoms with Gasteiger partial charge in [-0.05, 0) is 61.1 Å². The number of sulfonamides is 1. The highest BCUT2D eigenvalue weighted by molar-refractivity contribution is 7.89. The molecular formula is C22H28N4O3S. The summed E-state index contributed by atoms with van der Waals surface area (Å²) in [5.41, 5.74) is 4.15. The molecule has 2 N–H and O–H groups in total. The van der Waals surface area contributed by atoms with Gasteiger partial charge in [0.15, 0.2) is 5.03 Å². The molecule has 0 unspecified atom stereocenters. The van der Waals surface area contributed by atoms with Crippen molar-refractivity contribution in [3.8, 4) is 17.0 Å². The van der Waals surface area contributed by atoms with Crippen molar-refractivity contribution >= 4 is 10.0 Å². The van der Waals surface area contributed by atoms with Crippen LogP contribution >= 0.6 is 0 Å². The Balaban J connectivity index is 1.81. The van der Waals surface area contributed by atoms with E-state index < -0.39 is 15.6 Å². The van der Waals surface area contributed by atoms with Crippen LogP contribution in [-0.4, -0.2) is 29.8 Å². The minimum Gasteiger partial charge on any atom is -0.475 e. The molecule has 0 bridgehead atoms. The molecule has 30 heavy (non-hydrogen) atoms. The van der Waals surface area contributed by atoms with Gasteiger partial charge < -0.3 is 4.74 Å². The van der Waals surface area contributed by atoms with E-state index in [1.54, 1.807) is 12.4 Å². The third kappa shape index (κ3) is 4.71. The molecule has 0 amide bonds. The number of ether oxygens (including phenoxy) is 1. The van der Waals surface area contributed by atoms with Crippen LogP contribution < -0.4 is 9.88 Å². The summed E-state index contributed by atoms with van der Waals surface area (Å²) >= 11 is 0. The summed E-state index contributed by atoms with van der Waals surface area (Å²) < 4.78 is 30.4. The fourth-order valence-electron chi connectivity index (χ4n) is 3.36. The van der Waals surface area contributed by atoms with E-state index in [1.165, 1.54) is 21.9 Å². The first-order chi connectivity index (χ1) is 14.0. The zero-order chi connectivity index (χ0) is 22.1. The Hall–Kier alpha value is -2.71. The summed E-state index contributed by atoms with van der Waals surface area (Å²) in [5, 5.41) is 9.05. The topological polar surface area (TPSA) is 100 Å². The second kappa shape index (κ2) is 8.20. The maximum absolute atomic E-state index is 11.5. The van der Waals surface area contributed by atoms with Crippen LogP contribution in [0.2, 0.25) is 0 Å². The third-order valence-electron chi connectivity index (χ3n) is 5.09. The SMILES string of the molecule is Cc1c(-c2ccnc(OCC(C)(C)n3ccc(S(N)(=O)=O)n3)c2)cccc1C(C)C. The molecule has 0 aliphatic carbocycles. The van der Waals surface area contributed by atoms with Crippen LogP contribution in [-0.2, 0) is 15.6 Å². The molecule has 7 nitrogen and oxygen atoms in total. The number of aromatic nitrogens is 3. The third-order valence-corrected chi connectivity index (χ3v) is 5.89. The molecule has 3 aromatic rings. The Morgan fingerprint density at radius 3 is 2.57 bits per heavy atom. The lowest BCUT2D eigenvalue weighted by molar-refractivity contribution is 0.164. The second-order valence-corrected chi connectivity index (χ2v) is 9.81. The smallest absolute Gasteiger partial charge is 0.257 e. The number of rotatable bonds is 7. The Morgan fingerprint density at radius 1 is 1.20 bits per heavy atom. The lowest BCUT2D eigenvalue weighted by Gasteiger charge is -2.25. The highest BCUT2D eigenvalue weighted by Crippen LogP contribution is 2.31. The molecule has 3 rings (SSSR count). The first kappa shape index (κ1) is 22.0. The van der Waals surface area contributed by atoms with Crippen LogP contribution in [0.1, 0.15) is 44.7 Å². The number of nitrogens with zero attached hydrogens (tertiary/aromatic N) is 3. The van der Waals surface area contributed by atoms with E-state index in [-0.39, 0.29) is 11.6 Å². The zero-order valence-electron chi connectivity index (χ0n) is 18.0. The summed E-state index contributed by atoms with van der Waals surface area (Å²) in [6.07, 6.45) is 3.31. The average Bonchev–Trinajstić information content (AvgIpc) is 3.18. The van der Waals surface area contributed by atoms with E-state index in [9.17, 15) is 8.42 Å². The van der Waals surface area contributed by atoms with Crippen LogP contribution in [0.25, 0.3) is 11.1 Å². The van der Waals surface area contributed by atoms with E-state index in [1.807, 2.05) is 26.0 Å². The Labute approximate surface area is 178 Å². The number of benzene rings is 1. The van der Waals surface area contributed by atoms with Gasteiger partial charge in [0.2, 0.25) is 5.88 Å². The van der Waals surface area contributed by atoms with Crippen molar-refractivity contribution < 1.29 is 13.2 Å². The van der Waals surface area contributed by atoms with Gasteiger partial charge in [0.25, 0.3) is 10.0 Å². The van der Waals surface area contributed by atoms with Gasteiger partial charge in [0.05, 0.1) is 5.54 Å². The zero-order valence-corrected chi connectivity index (χ0v) is 18.8. The normalized spacial score (nSPS) is 12.4. The van der Waals surface area contributed by atoms with Crippen molar-refractivity contribution in [2.75, 3.05) is 6.61 Å². The maximum Gasteiger partial charge on any atom is 0.257 e. The molecule has 0 saturated carbocycles. The molecule has 0 aliphatic heterocycles. The molecule has 8 heteroatoms.